The Morgan fingerprint density at radius 3 is 2.59 bits per heavy atom. The Kier molecular flexibility index (Phi) is 5.98. The number of halogens is 1. The average molecular weight is 490 g/mol. The minimum absolute atomic E-state index is 0.100. The second kappa shape index (κ2) is 9.08. The van der Waals surface area contributed by atoms with E-state index in [-0.39, 0.29) is 17.8 Å². The number of nitrogens with zero attached hydrogens (tertiary/aromatic N) is 4. The van der Waals surface area contributed by atoms with Gasteiger partial charge in [0.15, 0.2) is 5.11 Å². The van der Waals surface area contributed by atoms with Crippen molar-refractivity contribution in [2.75, 3.05) is 0 Å². The molecule has 8 heteroatoms. The maximum atomic E-state index is 10.6. The van der Waals surface area contributed by atoms with Crippen LogP contribution in [-0.2, 0) is 6.54 Å². The molecule has 0 spiro atoms. The zero-order valence-electron chi connectivity index (χ0n) is 18.8. The predicted molar refractivity (Wildman–Crippen MR) is 137 cm³/mol. The monoisotopic (exact) mass is 489 g/mol. The standard InChI is InChI=1S/C26H24ClN5OS/c1-16-13-20(17(2)32(16)22-14-19(27)6-7-23(22)33)25-24(21-5-3-4-10-29-21)30-26(34)31(25)15-18-8-11-28-12-9-18/h3-14,24-25,33H,15H2,1-2H3,(H,30,34). The maximum absolute atomic E-state index is 10.6. The number of nitrogens with one attached hydrogen (secondary N) is 1. The van der Waals surface area contributed by atoms with Gasteiger partial charge in [0.25, 0.3) is 0 Å². The summed E-state index contributed by atoms with van der Waals surface area (Å²) in [6.07, 6.45) is 5.39. The fourth-order valence-electron chi connectivity index (χ4n) is 4.73. The summed E-state index contributed by atoms with van der Waals surface area (Å²) in [5.41, 5.74) is 5.79. The van der Waals surface area contributed by atoms with E-state index in [2.05, 4.69) is 33.2 Å². The summed E-state index contributed by atoms with van der Waals surface area (Å²) in [6.45, 7) is 4.72. The fraction of sp³-hybridized carbons (Fsp3) is 0.192. The molecular formula is C26H24ClN5OS. The summed E-state index contributed by atoms with van der Waals surface area (Å²) in [6, 6.07) is 16.9. The van der Waals surface area contributed by atoms with Crippen molar-refractivity contribution in [3.8, 4) is 11.4 Å². The first-order chi connectivity index (χ1) is 16.4. The van der Waals surface area contributed by atoms with Crippen LogP contribution in [0.5, 0.6) is 5.75 Å². The van der Waals surface area contributed by atoms with Gasteiger partial charge >= 0.3 is 0 Å². The SMILES string of the molecule is Cc1cc(C2C(c3ccccn3)NC(=S)N2Cc2ccncc2)c(C)n1-c1cc(Cl)ccc1O. The van der Waals surface area contributed by atoms with Crippen LogP contribution in [0.25, 0.3) is 5.69 Å². The molecule has 4 heterocycles. The van der Waals surface area contributed by atoms with E-state index >= 15 is 0 Å². The van der Waals surface area contributed by atoms with E-state index in [1.807, 2.05) is 41.8 Å². The number of phenolic OH excluding ortho intramolecular Hbond substituents is 1. The van der Waals surface area contributed by atoms with Crippen LogP contribution >= 0.6 is 23.8 Å². The van der Waals surface area contributed by atoms with Gasteiger partial charge in [0.2, 0.25) is 0 Å². The van der Waals surface area contributed by atoms with Crippen LogP contribution in [0.15, 0.2) is 73.2 Å². The number of hydrogen-bond donors (Lipinski definition) is 2. The first kappa shape index (κ1) is 22.4. The normalized spacial score (nSPS) is 17.7. The fourth-order valence-corrected chi connectivity index (χ4v) is 5.20. The first-order valence-corrected chi connectivity index (χ1v) is 11.8. The quantitative estimate of drug-likeness (QED) is 0.365. The number of rotatable bonds is 5. The van der Waals surface area contributed by atoms with Gasteiger partial charge < -0.3 is 19.9 Å². The summed E-state index contributed by atoms with van der Waals surface area (Å²) in [4.78, 5) is 11.0. The molecule has 1 fully saturated rings. The third kappa shape index (κ3) is 4.02. The topological polar surface area (TPSA) is 66.2 Å². The highest BCUT2D eigenvalue weighted by atomic mass is 35.5. The summed E-state index contributed by atoms with van der Waals surface area (Å²) in [5, 5.41) is 15.3. The van der Waals surface area contributed by atoms with E-state index in [9.17, 15) is 5.11 Å². The van der Waals surface area contributed by atoms with Crippen LogP contribution < -0.4 is 5.32 Å². The lowest BCUT2D eigenvalue weighted by Crippen LogP contribution is -2.29. The van der Waals surface area contributed by atoms with Gasteiger partial charge in [-0.15, -0.1) is 0 Å². The molecule has 2 atom stereocenters. The van der Waals surface area contributed by atoms with Gasteiger partial charge in [0.05, 0.1) is 23.5 Å². The average Bonchev–Trinajstić information content (AvgIpc) is 3.31. The second-order valence-electron chi connectivity index (χ2n) is 8.40. The van der Waals surface area contributed by atoms with Crippen molar-refractivity contribution in [3.63, 3.8) is 0 Å². The van der Waals surface area contributed by atoms with Gasteiger partial charge in [0, 0.05) is 41.5 Å². The van der Waals surface area contributed by atoms with Crippen molar-refractivity contribution < 1.29 is 5.11 Å². The van der Waals surface area contributed by atoms with E-state index in [4.69, 9.17) is 23.8 Å². The number of aryl methyl sites for hydroxylation is 1. The van der Waals surface area contributed by atoms with Gasteiger partial charge in [-0.3, -0.25) is 9.97 Å². The van der Waals surface area contributed by atoms with Crippen LogP contribution in [0.1, 0.15) is 40.3 Å². The molecule has 1 aliphatic heterocycles. The molecular weight excluding hydrogens is 466 g/mol. The number of pyridine rings is 2. The predicted octanol–water partition coefficient (Wildman–Crippen LogP) is 5.42. The molecule has 1 aromatic carbocycles. The first-order valence-electron chi connectivity index (χ1n) is 11.0. The Morgan fingerprint density at radius 1 is 1.06 bits per heavy atom. The number of benzene rings is 1. The van der Waals surface area contributed by atoms with Crippen LogP contribution in [0.3, 0.4) is 0 Å². The van der Waals surface area contributed by atoms with E-state index in [1.54, 1.807) is 36.8 Å². The minimum Gasteiger partial charge on any atom is -0.506 e. The highest BCUT2D eigenvalue weighted by Gasteiger charge is 2.41. The smallest absolute Gasteiger partial charge is 0.170 e. The molecule has 0 radical (unpaired) electrons. The van der Waals surface area contributed by atoms with Crippen LogP contribution in [0.2, 0.25) is 5.02 Å². The maximum Gasteiger partial charge on any atom is 0.170 e. The van der Waals surface area contributed by atoms with E-state index < -0.39 is 0 Å². The van der Waals surface area contributed by atoms with Crippen molar-refractivity contribution in [1.29, 1.82) is 0 Å². The summed E-state index contributed by atoms with van der Waals surface area (Å²) < 4.78 is 2.04. The van der Waals surface area contributed by atoms with E-state index in [1.165, 1.54) is 0 Å². The molecule has 1 saturated heterocycles. The summed E-state index contributed by atoms with van der Waals surface area (Å²) in [7, 11) is 0. The third-order valence-electron chi connectivity index (χ3n) is 6.27. The van der Waals surface area contributed by atoms with Gasteiger partial charge in [0.1, 0.15) is 5.75 Å². The largest absolute Gasteiger partial charge is 0.506 e. The van der Waals surface area contributed by atoms with Crippen molar-refractivity contribution in [2.24, 2.45) is 0 Å². The lowest BCUT2D eigenvalue weighted by atomic mass is 9.96. The lowest BCUT2D eigenvalue weighted by molar-refractivity contribution is 0.310. The molecule has 34 heavy (non-hydrogen) atoms. The molecule has 5 rings (SSSR count). The van der Waals surface area contributed by atoms with Gasteiger partial charge in [-0.2, -0.15) is 0 Å². The van der Waals surface area contributed by atoms with Crippen LogP contribution in [0, 0.1) is 13.8 Å². The molecule has 3 aromatic heterocycles. The molecule has 0 bridgehead atoms. The highest BCUT2D eigenvalue weighted by molar-refractivity contribution is 7.80. The Morgan fingerprint density at radius 2 is 1.85 bits per heavy atom. The number of aromatic hydroxyl groups is 1. The number of aromatic nitrogens is 3. The molecule has 0 amide bonds. The van der Waals surface area contributed by atoms with Crippen molar-refractivity contribution >= 4 is 28.9 Å². The lowest BCUT2D eigenvalue weighted by Gasteiger charge is -2.28. The molecule has 4 aromatic rings. The zero-order chi connectivity index (χ0) is 23.8. The number of thiocarbonyl (C=S) groups is 1. The Bertz CT molecular complexity index is 1340. The Hall–Kier alpha value is -3.42. The molecule has 172 valence electrons. The van der Waals surface area contributed by atoms with Crippen molar-refractivity contribution in [2.45, 2.75) is 32.5 Å². The van der Waals surface area contributed by atoms with Crippen molar-refractivity contribution in [1.82, 2.24) is 24.8 Å². The van der Waals surface area contributed by atoms with E-state index in [0.717, 1.165) is 28.2 Å². The molecule has 0 saturated carbocycles. The van der Waals surface area contributed by atoms with Gasteiger partial charge in [-0.05, 0) is 85.7 Å². The van der Waals surface area contributed by atoms with Crippen molar-refractivity contribution in [3.05, 3.63) is 106 Å². The van der Waals surface area contributed by atoms with Gasteiger partial charge in [-0.25, -0.2) is 0 Å². The summed E-state index contributed by atoms with van der Waals surface area (Å²) in [5.74, 6) is 0.174. The molecule has 6 nitrogen and oxygen atoms in total. The van der Waals surface area contributed by atoms with Crippen LogP contribution in [0.4, 0.5) is 0 Å². The summed E-state index contributed by atoms with van der Waals surface area (Å²) >= 11 is 12.1. The Balaban J connectivity index is 1.64. The second-order valence-corrected chi connectivity index (χ2v) is 9.23. The number of hydrogen-bond acceptors (Lipinski definition) is 4. The van der Waals surface area contributed by atoms with Crippen LogP contribution in [-0.4, -0.2) is 29.7 Å². The minimum atomic E-state index is -0.127. The number of phenols is 1. The third-order valence-corrected chi connectivity index (χ3v) is 6.85. The van der Waals surface area contributed by atoms with E-state index in [0.29, 0.717) is 22.4 Å². The molecule has 0 aliphatic carbocycles. The zero-order valence-corrected chi connectivity index (χ0v) is 20.4. The molecule has 1 aliphatic rings. The molecule has 2 N–H and O–H groups in total. The highest BCUT2D eigenvalue weighted by Crippen LogP contribution is 2.42. The van der Waals surface area contributed by atoms with Gasteiger partial charge in [-0.1, -0.05) is 17.7 Å². The Labute approximate surface area is 208 Å². The molecule has 2 unspecified atom stereocenters.